The molecule has 0 rings (SSSR count). The van der Waals surface area contributed by atoms with Gasteiger partial charge in [0.2, 0.25) is 0 Å². The summed E-state index contributed by atoms with van der Waals surface area (Å²) in [6.07, 6.45) is 2.41. The van der Waals surface area contributed by atoms with Crippen molar-refractivity contribution in [2.45, 2.75) is 26.7 Å². The molecule has 0 spiro atoms. The van der Waals surface area contributed by atoms with Crippen LogP contribution in [0.5, 0.6) is 0 Å². The Morgan fingerprint density at radius 1 is 1.23 bits per heavy atom. The molecular formula is C8H18BrO3P. The summed E-state index contributed by atoms with van der Waals surface area (Å²) in [4.78, 5) is 0. The third-order valence-corrected chi connectivity index (χ3v) is 4.09. The van der Waals surface area contributed by atoms with E-state index >= 15 is 0 Å². The first-order valence-electron chi connectivity index (χ1n) is 4.62. The molecule has 5 heteroatoms. The molecule has 0 aromatic carbocycles. The van der Waals surface area contributed by atoms with Gasteiger partial charge in [0, 0.05) is 11.5 Å². The van der Waals surface area contributed by atoms with Crippen molar-refractivity contribution < 1.29 is 13.6 Å². The van der Waals surface area contributed by atoms with Crippen molar-refractivity contribution in [2.24, 2.45) is 0 Å². The van der Waals surface area contributed by atoms with Crippen molar-refractivity contribution >= 4 is 23.5 Å². The van der Waals surface area contributed by atoms with Crippen LogP contribution >= 0.6 is 23.5 Å². The molecule has 0 heterocycles. The molecule has 80 valence electrons. The smallest absolute Gasteiger partial charge is 0.309 e. The zero-order valence-corrected chi connectivity index (χ0v) is 10.8. The second kappa shape index (κ2) is 7.98. The molecule has 1 unspecified atom stereocenters. The average Bonchev–Trinajstić information content (AvgIpc) is 2.13. The van der Waals surface area contributed by atoms with Crippen LogP contribution in [0.1, 0.15) is 26.7 Å². The van der Waals surface area contributed by atoms with E-state index in [1.165, 1.54) is 0 Å². The van der Waals surface area contributed by atoms with Crippen LogP contribution in [0.25, 0.3) is 0 Å². The van der Waals surface area contributed by atoms with Crippen molar-refractivity contribution in [3.8, 4) is 0 Å². The predicted molar refractivity (Wildman–Crippen MR) is 58.8 cm³/mol. The zero-order chi connectivity index (χ0) is 10.2. The second-order valence-corrected chi connectivity index (χ2v) is 5.74. The second-order valence-electron chi connectivity index (χ2n) is 2.57. The third-order valence-electron chi connectivity index (χ3n) is 1.53. The highest BCUT2D eigenvalue weighted by Gasteiger charge is 2.20. The summed E-state index contributed by atoms with van der Waals surface area (Å²) in [6, 6.07) is 0. The molecule has 0 aromatic rings. The number of rotatable bonds is 8. The minimum Gasteiger partial charge on any atom is -0.309 e. The first-order valence-corrected chi connectivity index (χ1v) is 7.47. The first-order chi connectivity index (χ1) is 6.18. The van der Waals surface area contributed by atoms with E-state index in [4.69, 9.17) is 9.05 Å². The lowest BCUT2D eigenvalue weighted by atomic mass is 10.4. The number of hydrogen-bond acceptors (Lipinski definition) is 3. The zero-order valence-electron chi connectivity index (χ0n) is 8.29. The maximum Gasteiger partial charge on any atom is 0.330 e. The van der Waals surface area contributed by atoms with Gasteiger partial charge >= 0.3 is 7.60 Å². The van der Waals surface area contributed by atoms with E-state index in [-0.39, 0.29) is 0 Å². The summed E-state index contributed by atoms with van der Waals surface area (Å²) < 4.78 is 22.0. The van der Waals surface area contributed by atoms with Gasteiger partial charge < -0.3 is 9.05 Å². The van der Waals surface area contributed by atoms with E-state index in [9.17, 15) is 4.57 Å². The molecule has 13 heavy (non-hydrogen) atoms. The van der Waals surface area contributed by atoms with Gasteiger partial charge in [0.25, 0.3) is 0 Å². The highest BCUT2D eigenvalue weighted by atomic mass is 79.9. The van der Waals surface area contributed by atoms with Crippen LogP contribution in [-0.2, 0) is 13.6 Å². The van der Waals surface area contributed by atoms with Gasteiger partial charge in [0.05, 0.1) is 13.2 Å². The highest BCUT2D eigenvalue weighted by molar-refractivity contribution is 9.09. The summed E-state index contributed by atoms with van der Waals surface area (Å²) in [6.45, 7) is 4.62. The van der Waals surface area contributed by atoms with E-state index in [0.29, 0.717) is 19.4 Å². The molecule has 0 aliphatic rings. The fourth-order valence-corrected chi connectivity index (χ4v) is 2.45. The van der Waals surface area contributed by atoms with Gasteiger partial charge in [0.1, 0.15) is 0 Å². The number of unbranched alkanes of at least 4 members (excludes halogenated alkanes) is 1. The Kier molecular flexibility index (Phi) is 8.37. The predicted octanol–water partition coefficient (Wildman–Crippen LogP) is 3.43. The van der Waals surface area contributed by atoms with Crippen molar-refractivity contribution in [1.29, 1.82) is 0 Å². The van der Waals surface area contributed by atoms with E-state index in [2.05, 4.69) is 15.9 Å². The normalized spacial score (nSPS) is 15.6. The molecule has 0 N–H and O–H groups in total. The van der Waals surface area contributed by atoms with Gasteiger partial charge in [-0.1, -0.05) is 22.9 Å². The van der Waals surface area contributed by atoms with Gasteiger partial charge in [-0.15, -0.1) is 0 Å². The molecule has 0 bridgehead atoms. The minimum absolute atomic E-state index is 0.448. The first kappa shape index (κ1) is 13.6. The third kappa shape index (κ3) is 6.67. The fraction of sp³-hybridized carbons (Fsp3) is 1.00. The topological polar surface area (TPSA) is 35.5 Å². The molecule has 0 radical (unpaired) electrons. The van der Waals surface area contributed by atoms with Gasteiger partial charge in [0.15, 0.2) is 0 Å². The van der Waals surface area contributed by atoms with Crippen LogP contribution in [0.15, 0.2) is 0 Å². The van der Waals surface area contributed by atoms with Gasteiger partial charge in [-0.3, -0.25) is 4.57 Å². The Morgan fingerprint density at radius 2 is 1.92 bits per heavy atom. The van der Waals surface area contributed by atoms with Crippen LogP contribution in [-0.4, -0.2) is 24.7 Å². The van der Waals surface area contributed by atoms with Gasteiger partial charge in [-0.05, 0) is 19.8 Å². The number of hydrogen-bond donors (Lipinski definition) is 0. The van der Waals surface area contributed by atoms with Crippen LogP contribution in [0.2, 0.25) is 0 Å². The maximum atomic E-state index is 11.7. The van der Waals surface area contributed by atoms with Crippen molar-refractivity contribution in [3.05, 3.63) is 0 Å². The summed E-state index contributed by atoms with van der Waals surface area (Å²) in [5.41, 5.74) is 0. The molecule has 0 saturated carbocycles. The Morgan fingerprint density at radius 3 is 2.38 bits per heavy atom. The largest absolute Gasteiger partial charge is 0.330 e. The summed E-state index contributed by atoms with van der Waals surface area (Å²) in [7, 11) is -2.76. The van der Waals surface area contributed by atoms with Gasteiger partial charge in [-0.2, -0.15) is 0 Å². The van der Waals surface area contributed by atoms with Crippen molar-refractivity contribution in [2.75, 3.05) is 24.7 Å². The van der Waals surface area contributed by atoms with Gasteiger partial charge in [-0.25, -0.2) is 0 Å². The molecule has 0 amide bonds. The molecule has 0 aliphatic carbocycles. The lowest BCUT2D eigenvalue weighted by Gasteiger charge is -2.15. The number of halogens is 1. The standard InChI is InChI=1S/C8H18BrO3P/c1-3-11-13(10,4-2)12-8-6-5-7-9/h3-8H2,1-2H3. The molecule has 0 saturated heterocycles. The monoisotopic (exact) mass is 272 g/mol. The van der Waals surface area contributed by atoms with Crippen LogP contribution in [0.3, 0.4) is 0 Å². The fourth-order valence-electron chi connectivity index (χ4n) is 0.817. The van der Waals surface area contributed by atoms with E-state index in [1.807, 2.05) is 13.8 Å². The van der Waals surface area contributed by atoms with Crippen molar-refractivity contribution in [3.63, 3.8) is 0 Å². The van der Waals surface area contributed by atoms with Crippen molar-refractivity contribution in [1.82, 2.24) is 0 Å². The molecule has 1 atom stereocenters. The molecule has 3 nitrogen and oxygen atoms in total. The summed E-state index contributed by atoms with van der Waals surface area (Å²) in [5.74, 6) is 0. The molecule has 0 aliphatic heterocycles. The Hall–Kier alpha value is 0.630. The Labute approximate surface area is 88.9 Å². The minimum atomic E-state index is -2.76. The Bertz CT molecular complexity index is 163. The lowest BCUT2D eigenvalue weighted by molar-refractivity contribution is 0.210. The van der Waals surface area contributed by atoms with E-state index in [0.717, 1.165) is 18.2 Å². The molecular weight excluding hydrogens is 255 g/mol. The molecule has 0 aromatic heterocycles. The lowest BCUT2D eigenvalue weighted by Crippen LogP contribution is -1.99. The number of alkyl halides is 1. The summed E-state index contributed by atoms with van der Waals surface area (Å²) in [5, 5.41) is 0.960. The molecule has 0 fully saturated rings. The summed E-state index contributed by atoms with van der Waals surface area (Å²) >= 11 is 3.32. The average molecular weight is 273 g/mol. The quantitative estimate of drug-likeness (QED) is 0.386. The van der Waals surface area contributed by atoms with Crippen LogP contribution < -0.4 is 0 Å². The van der Waals surface area contributed by atoms with E-state index in [1.54, 1.807) is 0 Å². The SMILES string of the molecule is CCOP(=O)(CC)OCCCCBr. The Balaban J connectivity index is 3.64. The van der Waals surface area contributed by atoms with Crippen LogP contribution in [0.4, 0.5) is 0 Å². The maximum absolute atomic E-state index is 11.7. The van der Waals surface area contributed by atoms with Crippen LogP contribution in [0, 0.1) is 0 Å². The van der Waals surface area contributed by atoms with E-state index < -0.39 is 7.60 Å². The highest BCUT2D eigenvalue weighted by Crippen LogP contribution is 2.47.